The van der Waals surface area contributed by atoms with E-state index in [0.717, 1.165) is 50.8 Å². The molecule has 2 saturated carbocycles. The Hall–Kier alpha value is -2.60. The number of fused-ring (bicyclic) bond motifs is 6. The number of likely N-dealkylation sites (tertiary alicyclic amines) is 1. The zero-order valence-corrected chi connectivity index (χ0v) is 25.8. The van der Waals surface area contributed by atoms with E-state index in [0.29, 0.717) is 36.2 Å². The minimum absolute atomic E-state index is 0.0588. The average molecular weight is 573 g/mol. The van der Waals surface area contributed by atoms with Crippen LogP contribution in [0.15, 0.2) is 53.6 Å². The number of benzene rings is 1. The molecule has 42 heavy (non-hydrogen) atoms. The number of carbonyl (C=O) groups is 2. The van der Waals surface area contributed by atoms with Crippen LogP contribution in [0.3, 0.4) is 0 Å². The molecule has 0 unspecified atom stereocenters. The third-order valence-corrected chi connectivity index (χ3v) is 12.6. The van der Waals surface area contributed by atoms with Crippen molar-refractivity contribution in [3.63, 3.8) is 0 Å². The van der Waals surface area contributed by atoms with E-state index in [2.05, 4.69) is 39.1 Å². The van der Waals surface area contributed by atoms with Crippen molar-refractivity contribution in [3.05, 3.63) is 59.2 Å². The highest BCUT2D eigenvalue weighted by atomic mass is 16.6. The first kappa shape index (κ1) is 28.2. The van der Waals surface area contributed by atoms with E-state index in [1.54, 1.807) is 11.6 Å². The molecule has 3 heterocycles. The highest BCUT2D eigenvalue weighted by Gasteiger charge is 2.60. The number of nitrogens with one attached hydrogen (secondary N) is 1. The summed E-state index contributed by atoms with van der Waals surface area (Å²) in [6.07, 6.45) is 11.7. The number of rotatable bonds is 2. The molecule has 6 heteroatoms. The number of nitrogens with zero attached hydrogens (tertiary/aromatic N) is 1. The summed E-state index contributed by atoms with van der Waals surface area (Å²) in [5.41, 5.74) is 4.06. The Balaban J connectivity index is 1.12. The minimum Gasteiger partial charge on any atom is -0.445 e. The number of amides is 2. The lowest BCUT2D eigenvalue weighted by Crippen LogP contribution is -2.54. The quantitative estimate of drug-likeness (QED) is 0.403. The highest BCUT2D eigenvalue weighted by molar-refractivity contribution is 5.88. The lowest BCUT2D eigenvalue weighted by atomic mass is 9.57. The third-order valence-electron chi connectivity index (χ3n) is 12.6. The molecule has 0 aromatic heterocycles. The van der Waals surface area contributed by atoms with Crippen LogP contribution in [0.4, 0.5) is 4.79 Å². The maximum absolute atomic E-state index is 13.5. The Labute approximate surface area is 251 Å². The molecule has 3 aliphatic carbocycles. The summed E-state index contributed by atoms with van der Waals surface area (Å²) < 4.78 is 13.0. The molecular weight excluding hydrogens is 524 g/mol. The van der Waals surface area contributed by atoms with E-state index in [-0.39, 0.29) is 41.1 Å². The largest absolute Gasteiger partial charge is 0.445 e. The summed E-state index contributed by atoms with van der Waals surface area (Å²) in [5.74, 6) is 3.10. The molecule has 2 amide bonds. The van der Waals surface area contributed by atoms with Gasteiger partial charge in [-0.2, -0.15) is 0 Å². The maximum atomic E-state index is 13.5. The Morgan fingerprint density at radius 2 is 1.98 bits per heavy atom. The van der Waals surface area contributed by atoms with Crippen LogP contribution in [0.5, 0.6) is 0 Å². The summed E-state index contributed by atoms with van der Waals surface area (Å²) in [5, 5.41) is 3.13. The number of piperidine rings is 1. The molecule has 1 N–H and O–H groups in total. The SMILES string of the molecule is CC1=C2C[C@H]3[C@@H](CC[C@@H]4CNC(=O)C=C[C@@]43C)[C@@H]2CC[C@@]2(C1)O[C@@H]1C[C@H](C)CN(C(=O)OCc3ccccc3)[C@H]1[C@H]2C. The van der Waals surface area contributed by atoms with Gasteiger partial charge < -0.3 is 19.7 Å². The fourth-order valence-electron chi connectivity index (χ4n) is 10.4. The third kappa shape index (κ3) is 4.55. The second-order valence-corrected chi connectivity index (χ2v) is 14.9. The lowest BCUT2D eigenvalue weighted by molar-refractivity contribution is -0.116. The van der Waals surface area contributed by atoms with Gasteiger partial charge in [-0.3, -0.25) is 4.79 Å². The van der Waals surface area contributed by atoms with Crippen molar-refractivity contribution in [1.29, 1.82) is 0 Å². The molecule has 6 aliphatic rings. The van der Waals surface area contributed by atoms with Crippen LogP contribution >= 0.6 is 0 Å². The topological polar surface area (TPSA) is 67.9 Å². The summed E-state index contributed by atoms with van der Waals surface area (Å²) in [7, 11) is 0. The van der Waals surface area contributed by atoms with Crippen molar-refractivity contribution < 1.29 is 19.1 Å². The molecule has 1 aromatic rings. The Morgan fingerprint density at radius 1 is 1.17 bits per heavy atom. The smallest absolute Gasteiger partial charge is 0.410 e. The van der Waals surface area contributed by atoms with Crippen molar-refractivity contribution >= 4 is 12.0 Å². The van der Waals surface area contributed by atoms with E-state index in [4.69, 9.17) is 9.47 Å². The Kier molecular flexibility index (Phi) is 7.07. The molecule has 0 bridgehead atoms. The first-order valence-electron chi connectivity index (χ1n) is 16.5. The number of allylic oxidation sites excluding steroid dienone is 2. The van der Waals surface area contributed by atoms with Gasteiger partial charge in [-0.05, 0) is 98.5 Å². The highest BCUT2D eigenvalue weighted by Crippen LogP contribution is 2.63. The molecule has 3 aliphatic heterocycles. The van der Waals surface area contributed by atoms with Crippen molar-refractivity contribution in [3.8, 4) is 0 Å². The molecule has 6 nitrogen and oxygen atoms in total. The van der Waals surface area contributed by atoms with Crippen LogP contribution in [0, 0.1) is 40.9 Å². The van der Waals surface area contributed by atoms with Gasteiger partial charge in [0, 0.05) is 19.0 Å². The van der Waals surface area contributed by atoms with Gasteiger partial charge in [0.25, 0.3) is 0 Å². The number of ether oxygens (including phenoxy) is 2. The van der Waals surface area contributed by atoms with Gasteiger partial charge in [0.2, 0.25) is 5.91 Å². The number of carbonyl (C=O) groups excluding carboxylic acids is 2. The van der Waals surface area contributed by atoms with Gasteiger partial charge in [0.1, 0.15) is 6.61 Å². The van der Waals surface area contributed by atoms with Crippen LogP contribution in [0.25, 0.3) is 0 Å². The first-order chi connectivity index (χ1) is 20.2. The maximum Gasteiger partial charge on any atom is 0.410 e. The first-order valence-corrected chi connectivity index (χ1v) is 16.5. The standard InChI is InChI=1S/C36H48N2O4/c1-22-16-31-33(38(20-22)34(40)41-21-25-8-6-5-7-9-25)24(3)36(42-31)15-12-27-28-11-10-26-19-37-32(39)13-14-35(26,4)30(28)17-29(27)23(2)18-36/h5-9,13-14,22,24,26-28,30-31,33H,10-12,15-21H2,1-4H3,(H,37,39)/t22-,24+,26+,27-,28-,30-,31+,33-,35-,36-/m0/s1. The number of hydrogen-bond acceptors (Lipinski definition) is 4. The molecule has 4 fully saturated rings. The molecule has 1 aromatic carbocycles. The summed E-state index contributed by atoms with van der Waals surface area (Å²) in [6.45, 7) is 11.2. The van der Waals surface area contributed by atoms with Crippen LogP contribution in [-0.4, -0.2) is 47.7 Å². The van der Waals surface area contributed by atoms with E-state index >= 15 is 0 Å². The predicted octanol–water partition coefficient (Wildman–Crippen LogP) is 6.66. The fraction of sp³-hybridized carbons (Fsp3) is 0.667. The Bertz CT molecular complexity index is 1290. The van der Waals surface area contributed by atoms with E-state index in [9.17, 15) is 9.59 Å². The van der Waals surface area contributed by atoms with Gasteiger partial charge in [-0.25, -0.2) is 4.79 Å². The van der Waals surface area contributed by atoms with Crippen LogP contribution in [0.2, 0.25) is 0 Å². The van der Waals surface area contributed by atoms with E-state index in [1.165, 1.54) is 18.4 Å². The minimum atomic E-state index is -0.228. The average Bonchev–Trinajstić information content (AvgIpc) is 3.38. The monoisotopic (exact) mass is 572 g/mol. The van der Waals surface area contributed by atoms with Crippen molar-refractivity contribution in [2.75, 3.05) is 13.1 Å². The molecule has 10 atom stereocenters. The number of hydrogen-bond donors (Lipinski definition) is 1. The summed E-state index contributed by atoms with van der Waals surface area (Å²) in [4.78, 5) is 27.8. The normalized spacial score (nSPS) is 42.7. The van der Waals surface area contributed by atoms with Crippen LogP contribution in [0.1, 0.15) is 78.2 Å². The van der Waals surface area contributed by atoms with Crippen molar-refractivity contribution in [2.24, 2.45) is 40.9 Å². The zero-order valence-electron chi connectivity index (χ0n) is 25.8. The molecule has 1 spiro atoms. The van der Waals surface area contributed by atoms with E-state index in [1.807, 2.05) is 35.2 Å². The van der Waals surface area contributed by atoms with Crippen molar-refractivity contribution in [1.82, 2.24) is 10.2 Å². The lowest BCUT2D eigenvalue weighted by Gasteiger charge is -2.48. The molecular formula is C36H48N2O4. The molecule has 2 saturated heterocycles. The second kappa shape index (κ2) is 10.5. The summed E-state index contributed by atoms with van der Waals surface area (Å²) in [6, 6.07) is 10.0. The predicted molar refractivity (Wildman–Crippen MR) is 162 cm³/mol. The summed E-state index contributed by atoms with van der Waals surface area (Å²) >= 11 is 0. The Morgan fingerprint density at radius 3 is 2.79 bits per heavy atom. The van der Waals surface area contributed by atoms with Gasteiger partial charge in [0.05, 0.1) is 17.7 Å². The van der Waals surface area contributed by atoms with Gasteiger partial charge >= 0.3 is 6.09 Å². The molecule has 7 rings (SSSR count). The van der Waals surface area contributed by atoms with E-state index < -0.39 is 0 Å². The zero-order chi connectivity index (χ0) is 29.2. The van der Waals surface area contributed by atoms with Gasteiger partial charge in [-0.1, -0.05) is 68.3 Å². The second-order valence-electron chi connectivity index (χ2n) is 14.9. The fourth-order valence-corrected chi connectivity index (χ4v) is 10.4. The van der Waals surface area contributed by atoms with Crippen LogP contribution < -0.4 is 5.32 Å². The molecule has 226 valence electrons. The van der Waals surface area contributed by atoms with Gasteiger partial charge in [-0.15, -0.1) is 0 Å². The molecule has 0 radical (unpaired) electrons. The van der Waals surface area contributed by atoms with Gasteiger partial charge in [0.15, 0.2) is 0 Å². The van der Waals surface area contributed by atoms with Crippen molar-refractivity contribution in [2.45, 2.75) is 97.0 Å². The van der Waals surface area contributed by atoms with Crippen LogP contribution in [-0.2, 0) is 20.9 Å².